The van der Waals surface area contributed by atoms with Crippen LogP contribution in [0.25, 0.3) is 0 Å². The van der Waals surface area contributed by atoms with E-state index in [1.54, 1.807) is 24.3 Å². The van der Waals surface area contributed by atoms with Crippen LogP contribution in [0.15, 0.2) is 24.3 Å². The molecule has 5 N–H and O–H groups in total. The van der Waals surface area contributed by atoms with Crippen LogP contribution in [-0.4, -0.2) is 22.9 Å². The van der Waals surface area contributed by atoms with Gasteiger partial charge in [-0.15, -0.1) is 0 Å². The number of benzene rings is 1. The Morgan fingerprint density at radius 1 is 1.29 bits per heavy atom. The van der Waals surface area contributed by atoms with E-state index in [2.05, 4.69) is 5.32 Å². The molecule has 0 radical (unpaired) electrons. The molecule has 1 aromatic carbocycles. The van der Waals surface area contributed by atoms with Crippen molar-refractivity contribution in [1.29, 1.82) is 10.8 Å². The van der Waals surface area contributed by atoms with Crippen molar-refractivity contribution in [3.63, 3.8) is 0 Å². The maximum absolute atomic E-state index is 7.86. The molecule has 0 saturated carbocycles. The van der Waals surface area contributed by atoms with Gasteiger partial charge in [0, 0.05) is 16.8 Å². The van der Waals surface area contributed by atoms with Crippen molar-refractivity contribution in [2.45, 2.75) is 19.9 Å². The lowest BCUT2D eigenvalue weighted by atomic mass is 10.3. The van der Waals surface area contributed by atoms with E-state index < -0.39 is 0 Å². The summed E-state index contributed by atoms with van der Waals surface area (Å²) in [6, 6.07) is 6.92. The second kappa shape index (κ2) is 5.54. The third-order valence-corrected chi connectivity index (χ3v) is 2.38. The van der Waals surface area contributed by atoms with Crippen LogP contribution in [0, 0.1) is 10.8 Å². The van der Waals surface area contributed by atoms with Crippen molar-refractivity contribution >= 4 is 29.2 Å². The van der Waals surface area contributed by atoms with Gasteiger partial charge in [0.1, 0.15) is 0 Å². The fourth-order valence-corrected chi connectivity index (χ4v) is 1.51. The maximum Gasteiger partial charge on any atom is 0.202 e. The van der Waals surface area contributed by atoms with Crippen LogP contribution < -0.4 is 11.1 Å². The second-order valence-electron chi connectivity index (χ2n) is 3.83. The SMILES string of the molecule is CC(C)N(C(=N)N)C(=N)Nc1ccc(Cl)cc1. The first-order chi connectivity index (χ1) is 7.91. The summed E-state index contributed by atoms with van der Waals surface area (Å²) in [6.07, 6.45) is 0. The fourth-order valence-electron chi connectivity index (χ4n) is 1.39. The molecule has 0 fully saturated rings. The molecule has 0 unspecified atom stereocenters. The molecule has 1 aromatic rings. The number of nitrogens with two attached hydrogens (primary N) is 1. The van der Waals surface area contributed by atoms with Crippen LogP contribution >= 0.6 is 11.6 Å². The van der Waals surface area contributed by atoms with Gasteiger partial charge in [-0.1, -0.05) is 11.6 Å². The van der Waals surface area contributed by atoms with Crippen LogP contribution in [0.2, 0.25) is 5.02 Å². The van der Waals surface area contributed by atoms with E-state index in [0.29, 0.717) is 5.02 Å². The molecule has 0 heterocycles. The van der Waals surface area contributed by atoms with E-state index in [1.807, 2.05) is 13.8 Å². The third-order valence-electron chi connectivity index (χ3n) is 2.12. The van der Waals surface area contributed by atoms with Gasteiger partial charge in [-0.25, -0.2) is 0 Å². The minimum atomic E-state index is -0.161. The number of nitrogens with one attached hydrogen (secondary N) is 3. The van der Waals surface area contributed by atoms with Gasteiger partial charge in [-0.05, 0) is 38.1 Å². The highest BCUT2D eigenvalue weighted by Gasteiger charge is 2.16. The number of anilines is 1. The molecule has 1 rings (SSSR count). The summed E-state index contributed by atoms with van der Waals surface area (Å²) in [5.41, 5.74) is 6.15. The summed E-state index contributed by atoms with van der Waals surface area (Å²) in [5.74, 6) is -0.0960. The molecule has 0 aliphatic rings. The molecule has 6 heteroatoms. The molecule has 17 heavy (non-hydrogen) atoms. The van der Waals surface area contributed by atoms with Gasteiger partial charge in [-0.3, -0.25) is 15.7 Å². The molecule has 0 aromatic heterocycles. The Hall–Kier alpha value is -1.75. The van der Waals surface area contributed by atoms with E-state index in [0.717, 1.165) is 5.69 Å². The van der Waals surface area contributed by atoms with E-state index >= 15 is 0 Å². The summed E-state index contributed by atoms with van der Waals surface area (Å²) in [6.45, 7) is 3.72. The number of nitrogens with zero attached hydrogens (tertiary/aromatic N) is 1. The molecule has 0 amide bonds. The highest BCUT2D eigenvalue weighted by atomic mass is 35.5. The predicted octanol–water partition coefficient (Wildman–Crippen LogP) is 2.29. The highest BCUT2D eigenvalue weighted by molar-refractivity contribution is 6.30. The summed E-state index contributed by atoms with van der Waals surface area (Å²) in [4.78, 5) is 1.38. The smallest absolute Gasteiger partial charge is 0.202 e. The molecular weight excluding hydrogens is 238 g/mol. The first-order valence-corrected chi connectivity index (χ1v) is 5.54. The lowest BCUT2D eigenvalue weighted by Crippen LogP contribution is -2.48. The number of guanidine groups is 2. The van der Waals surface area contributed by atoms with Crippen LogP contribution in [0.1, 0.15) is 13.8 Å². The summed E-state index contributed by atoms with van der Waals surface area (Å²) in [5, 5.41) is 18.8. The van der Waals surface area contributed by atoms with E-state index in [4.69, 9.17) is 28.2 Å². The quantitative estimate of drug-likeness (QED) is 0.482. The fraction of sp³-hybridized carbons (Fsp3) is 0.273. The van der Waals surface area contributed by atoms with Crippen molar-refractivity contribution in [3.05, 3.63) is 29.3 Å². The lowest BCUT2D eigenvalue weighted by Gasteiger charge is -2.27. The van der Waals surface area contributed by atoms with E-state index in [-0.39, 0.29) is 18.0 Å². The first kappa shape index (κ1) is 13.3. The van der Waals surface area contributed by atoms with Crippen molar-refractivity contribution in [1.82, 2.24) is 4.90 Å². The van der Waals surface area contributed by atoms with Crippen molar-refractivity contribution in [3.8, 4) is 0 Å². The van der Waals surface area contributed by atoms with Crippen molar-refractivity contribution in [2.75, 3.05) is 5.32 Å². The largest absolute Gasteiger partial charge is 0.370 e. The maximum atomic E-state index is 7.86. The standard InChI is InChI=1S/C11H16ClN5/c1-7(2)17(10(13)14)11(15)16-9-5-3-8(12)4-6-9/h3-7H,1-2H3,(H3,13,14)(H2,15,16). The van der Waals surface area contributed by atoms with Gasteiger partial charge in [0.25, 0.3) is 0 Å². The molecule has 0 saturated heterocycles. The van der Waals surface area contributed by atoms with Gasteiger partial charge in [0.05, 0.1) is 0 Å². The molecule has 92 valence electrons. The number of halogens is 1. The minimum Gasteiger partial charge on any atom is -0.370 e. The van der Waals surface area contributed by atoms with Crippen molar-refractivity contribution in [2.24, 2.45) is 5.73 Å². The lowest BCUT2D eigenvalue weighted by molar-refractivity contribution is 0.488. The van der Waals surface area contributed by atoms with Crippen LogP contribution in [0.3, 0.4) is 0 Å². The Morgan fingerprint density at radius 2 is 1.82 bits per heavy atom. The zero-order chi connectivity index (χ0) is 13.0. The number of hydrogen-bond donors (Lipinski definition) is 4. The Bertz CT molecular complexity index is 412. The first-order valence-electron chi connectivity index (χ1n) is 5.16. The number of hydrogen-bond acceptors (Lipinski definition) is 2. The second-order valence-corrected chi connectivity index (χ2v) is 4.27. The Morgan fingerprint density at radius 3 is 2.24 bits per heavy atom. The molecule has 0 spiro atoms. The molecule has 5 nitrogen and oxygen atoms in total. The highest BCUT2D eigenvalue weighted by Crippen LogP contribution is 2.14. The number of rotatable bonds is 2. The molecule has 0 bridgehead atoms. The van der Waals surface area contributed by atoms with Crippen molar-refractivity contribution < 1.29 is 0 Å². The van der Waals surface area contributed by atoms with Gasteiger partial charge < -0.3 is 11.1 Å². The molecular formula is C11H16ClN5. The molecule has 0 aliphatic carbocycles. The zero-order valence-corrected chi connectivity index (χ0v) is 10.5. The van der Waals surface area contributed by atoms with Gasteiger partial charge in [0.2, 0.25) is 5.96 Å². The average molecular weight is 254 g/mol. The monoisotopic (exact) mass is 253 g/mol. The Labute approximate surface area is 106 Å². The van der Waals surface area contributed by atoms with Gasteiger partial charge >= 0.3 is 0 Å². The molecule has 0 aliphatic heterocycles. The summed E-state index contributed by atoms with van der Waals surface area (Å²) >= 11 is 5.77. The van der Waals surface area contributed by atoms with Crippen LogP contribution in [-0.2, 0) is 0 Å². The Kier molecular flexibility index (Phi) is 4.34. The Balaban J connectivity index is 2.77. The summed E-state index contributed by atoms with van der Waals surface area (Å²) < 4.78 is 0. The minimum absolute atomic E-state index is 0.0557. The van der Waals surface area contributed by atoms with E-state index in [9.17, 15) is 0 Å². The van der Waals surface area contributed by atoms with Gasteiger partial charge in [-0.2, -0.15) is 0 Å². The average Bonchev–Trinajstić information content (AvgIpc) is 2.20. The zero-order valence-electron chi connectivity index (χ0n) is 9.79. The molecule has 0 atom stereocenters. The normalized spacial score (nSPS) is 10.1. The topological polar surface area (TPSA) is 89.0 Å². The summed E-state index contributed by atoms with van der Waals surface area (Å²) in [7, 11) is 0. The van der Waals surface area contributed by atoms with Crippen LogP contribution in [0.4, 0.5) is 5.69 Å². The van der Waals surface area contributed by atoms with E-state index in [1.165, 1.54) is 4.90 Å². The van der Waals surface area contributed by atoms with Crippen LogP contribution in [0.5, 0.6) is 0 Å². The van der Waals surface area contributed by atoms with Gasteiger partial charge in [0.15, 0.2) is 5.96 Å². The third kappa shape index (κ3) is 3.64. The predicted molar refractivity (Wildman–Crippen MR) is 71.7 cm³/mol.